The lowest BCUT2D eigenvalue weighted by Gasteiger charge is -2.15. The molecular formula is C15H22N4S. The highest BCUT2D eigenvalue weighted by Crippen LogP contribution is 2.25. The Labute approximate surface area is 124 Å². The zero-order valence-electron chi connectivity index (χ0n) is 12.1. The highest BCUT2D eigenvalue weighted by molar-refractivity contribution is 7.99. The molecule has 2 rings (SSSR count). The van der Waals surface area contributed by atoms with Gasteiger partial charge in [-0.2, -0.15) is 5.10 Å². The second-order valence-corrected chi connectivity index (χ2v) is 6.02. The van der Waals surface area contributed by atoms with Crippen molar-refractivity contribution in [2.45, 2.75) is 55.6 Å². The molecule has 1 aromatic carbocycles. The molecule has 1 unspecified atom stereocenters. The van der Waals surface area contributed by atoms with Crippen LogP contribution in [0.15, 0.2) is 40.6 Å². The summed E-state index contributed by atoms with van der Waals surface area (Å²) in [5.74, 6) is 0. The molecular weight excluding hydrogens is 268 g/mol. The smallest absolute Gasteiger partial charge is 0.188 e. The van der Waals surface area contributed by atoms with Gasteiger partial charge in [-0.3, -0.25) is 5.10 Å². The van der Waals surface area contributed by atoms with Crippen molar-refractivity contribution < 1.29 is 0 Å². The van der Waals surface area contributed by atoms with Gasteiger partial charge in [0.1, 0.15) is 6.33 Å². The molecule has 0 bridgehead atoms. The summed E-state index contributed by atoms with van der Waals surface area (Å²) in [4.78, 5) is 5.26. The van der Waals surface area contributed by atoms with Crippen LogP contribution in [0, 0.1) is 0 Å². The molecule has 20 heavy (non-hydrogen) atoms. The van der Waals surface area contributed by atoms with E-state index >= 15 is 0 Å². The van der Waals surface area contributed by atoms with Gasteiger partial charge >= 0.3 is 0 Å². The van der Waals surface area contributed by atoms with Crippen molar-refractivity contribution in [1.82, 2.24) is 15.2 Å². The molecule has 0 aliphatic carbocycles. The third kappa shape index (κ3) is 4.89. The molecule has 0 fully saturated rings. The quantitative estimate of drug-likeness (QED) is 0.710. The molecule has 108 valence electrons. The lowest BCUT2D eigenvalue weighted by molar-refractivity contribution is 0.615. The van der Waals surface area contributed by atoms with Crippen LogP contribution in [0.3, 0.4) is 0 Å². The molecule has 1 atom stereocenters. The molecule has 1 aromatic heterocycles. The fraction of sp³-hybridized carbons (Fsp3) is 0.467. The molecule has 0 aliphatic rings. The first-order valence-corrected chi connectivity index (χ1v) is 7.99. The van der Waals surface area contributed by atoms with E-state index in [-0.39, 0.29) is 0 Å². The molecule has 0 saturated carbocycles. The number of aromatic nitrogens is 3. The van der Waals surface area contributed by atoms with Gasteiger partial charge in [-0.1, -0.05) is 37.9 Å². The molecule has 5 heteroatoms. The molecule has 0 spiro atoms. The first-order valence-electron chi connectivity index (χ1n) is 7.17. The summed E-state index contributed by atoms with van der Waals surface area (Å²) in [6.45, 7) is 4.48. The van der Waals surface area contributed by atoms with Gasteiger partial charge in [-0.25, -0.2) is 4.98 Å². The Morgan fingerprint density at radius 3 is 2.70 bits per heavy atom. The predicted octanol–water partition coefficient (Wildman–Crippen LogP) is 4.34. The number of rotatable bonds is 8. The maximum Gasteiger partial charge on any atom is 0.188 e. The SMILES string of the molecule is CCCCCC(C)Nc1ccc(Sc2ncn[nH]2)cc1. The second kappa shape index (κ2) is 7.94. The number of hydrogen-bond acceptors (Lipinski definition) is 4. The minimum absolute atomic E-state index is 0.523. The van der Waals surface area contributed by atoms with E-state index in [0.29, 0.717) is 6.04 Å². The summed E-state index contributed by atoms with van der Waals surface area (Å²) in [6.07, 6.45) is 6.64. The molecule has 4 nitrogen and oxygen atoms in total. The van der Waals surface area contributed by atoms with Crippen molar-refractivity contribution in [1.29, 1.82) is 0 Å². The van der Waals surface area contributed by atoms with Crippen molar-refractivity contribution in [3.8, 4) is 0 Å². The van der Waals surface area contributed by atoms with E-state index < -0.39 is 0 Å². The molecule has 0 aliphatic heterocycles. The Morgan fingerprint density at radius 1 is 1.25 bits per heavy atom. The lowest BCUT2D eigenvalue weighted by atomic mass is 10.1. The summed E-state index contributed by atoms with van der Waals surface area (Å²) in [5.41, 5.74) is 1.18. The zero-order valence-corrected chi connectivity index (χ0v) is 12.9. The van der Waals surface area contributed by atoms with Crippen molar-refractivity contribution in [3.63, 3.8) is 0 Å². The van der Waals surface area contributed by atoms with Gasteiger partial charge in [-0.15, -0.1) is 0 Å². The fourth-order valence-electron chi connectivity index (χ4n) is 2.03. The van der Waals surface area contributed by atoms with Gasteiger partial charge in [0, 0.05) is 16.6 Å². The molecule has 1 heterocycles. The van der Waals surface area contributed by atoms with Crippen LogP contribution < -0.4 is 5.32 Å². The first kappa shape index (κ1) is 14.9. The van der Waals surface area contributed by atoms with E-state index in [2.05, 4.69) is 58.6 Å². The number of hydrogen-bond donors (Lipinski definition) is 2. The average Bonchev–Trinajstić information content (AvgIpc) is 2.94. The highest BCUT2D eigenvalue weighted by atomic mass is 32.2. The zero-order chi connectivity index (χ0) is 14.2. The Kier molecular flexibility index (Phi) is 5.92. The standard InChI is InChI=1S/C15H22N4S/c1-3-4-5-6-12(2)18-13-7-9-14(10-8-13)20-15-16-11-17-19-15/h7-12,18H,3-6H2,1-2H3,(H,16,17,19). The number of benzene rings is 1. The predicted molar refractivity (Wildman–Crippen MR) is 84.2 cm³/mol. The topological polar surface area (TPSA) is 53.6 Å². The largest absolute Gasteiger partial charge is 0.383 e. The average molecular weight is 290 g/mol. The Hall–Kier alpha value is -1.49. The van der Waals surface area contributed by atoms with Gasteiger partial charge in [0.2, 0.25) is 0 Å². The number of nitrogens with one attached hydrogen (secondary N) is 2. The van der Waals surface area contributed by atoms with Gasteiger partial charge in [-0.05, 0) is 37.6 Å². The third-order valence-corrected chi connectivity index (χ3v) is 4.01. The Morgan fingerprint density at radius 2 is 2.05 bits per heavy atom. The molecule has 0 radical (unpaired) electrons. The fourth-order valence-corrected chi connectivity index (χ4v) is 2.73. The molecule has 2 aromatic rings. The van der Waals surface area contributed by atoms with Crippen LogP contribution in [0.5, 0.6) is 0 Å². The van der Waals surface area contributed by atoms with Gasteiger partial charge < -0.3 is 5.32 Å². The summed E-state index contributed by atoms with van der Waals surface area (Å²) in [5, 5.41) is 11.0. The van der Waals surface area contributed by atoms with Gasteiger partial charge in [0.15, 0.2) is 5.16 Å². The number of unbranched alkanes of at least 4 members (excludes halogenated alkanes) is 2. The summed E-state index contributed by atoms with van der Waals surface area (Å²) in [6, 6.07) is 8.97. The van der Waals surface area contributed by atoms with E-state index in [1.807, 2.05) is 0 Å². The van der Waals surface area contributed by atoms with Crippen LogP contribution in [-0.4, -0.2) is 21.2 Å². The van der Waals surface area contributed by atoms with Crippen molar-refractivity contribution in [2.75, 3.05) is 5.32 Å². The normalized spacial score (nSPS) is 12.3. The van der Waals surface area contributed by atoms with Crippen LogP contribution in [0.25, 0.3) is 0 Å². The Balaban J connectivity index is 1.82. The monoisotopic (exact) mass is 290 g/mol. The van der Waals surface area contributed by atoms with Gasteiger partial charge in [0.05, 0.1) is 0 Å². The van der Waals surface area contributed by atoms with Crippen LogP contribution >= 0.6 is 11.8 Å². The summed E-state index contributed by atoms with van der Waals surface area (Å²) < 4.78 is 0. The van der Waals surface area contributed by atoms with Crippen LogP contribution in [0.2, 0.25) is 0 Å². The van der Waals surface area contributed by atoms with E-state index in [4.69, 9.17) is 0 Å². The summed E-state index contributed by atoms with van der Waals surface area (Å²) in [7, 11) is 0. The number of anilines is 1. The van der Waals surface area contributed by atoms with E-state index in [1.54, 1.807) is 11.8 Å². The summed E-state index contributed by atoms with van der Waals surface area (Å²) >= 11 is 1.58. The third-order valence-electron chi connectivity index (χ3n) is 3.12. The minimum Gasteiger partial charge on any atom is -0.383 e. The number of H-pyrrole nitrogens is 1. The van der Waals surface area contributed by atoms with Crippen LogP contribution in [0.4, 0.5) is 5.69 Å². The van der Waals surface area contributed by atoms with E-state index in [1.165, 1.54) is 37.7 Å². The molecule has 0 amide bonds. The van der Waals surface area contributed by atoms with Crippen LogP contribution in [-0.2, 0) is 0 Å². The lowest BCUT2D eigenvalue weighted by Crippen LogP contribution is -2.14. The Bertz CT molecular complexity index is 481. The minimum atomic E-state index is 0.523. The van der Waals surface area contributed by atoms with Gasteiger partial charge in [0.25, 0.3) is 0 Å². The second-order valence-electron chi connectivity index (χ2n) is 4.96. The van der Waals surface area contributed by atoms with Crippen LogP contribution in [0.1, 0.15) is 39.5 Å². The highest BCUT2D eigenvalue weighted by Gasteiger charge is 2.03. The molecule has 2 N–H and O–H groups in total. The molecule has 0 saturated heterocycles. The van der Waals surface area contributed by atoms with Crippen molar-refractivity contribution in [2.24, 2.45) is 0 Å². The van der Waals surface area contributed by atoms with Crippen molar-refractivity contribution in [3.05, 3.63) is 30.6 Å². The number of nitrogens with zero attached hydrogens (tertiary/aromatic N) is 2. The van der Waals surface area contributed by atoms with E-state index in [0.717, 1.165) is 10.1 Å². The number of aromatic amines is 1. The maximum absolute atomic E-state index is 4.10. The van der Waals surface area contributed by atoms with Crippen molar-refractivity contribution >= 4 is 17.4 Å². The maximum atomic E-state index is 4.10. The van der Waals surface area contributed by atoms with E-state index in [9.17, 15) is 0 Å². The first-order chi connectivity index (χ1) is 9.78.